The van der Waals surface area contributed by atoms with E-state index in [0.717, 1.165) is 21.9 Å². The molecule has 1 heterocycles. The lowest BCUT2D eigenvalue weighted by Crippen LogP contribution is -2.39. The Morgan fingerprint density at radius 2 is 1.68 bits per heavy atom. The number of nitrogens with zero attached hydrogens (tertiary/aromatic N) is 2. The SMILES string of the molecule is CC(C)(C)OC(=O)N1CCc2cc(N(c3ccc4ccccc4c3)S(=O)[O-])ccc2C1. The molecule has 162 valence electrons. The van der Waals surface area contributed by atoms with Crippen LogP contribution in [0.2, 0.25) is 0 Å². The van der Waals surface area contributed by atoms with E-state index in [1.54, 1.807) is 11.0 Å². The molecule has 0 saturated heterocycles. The largest absolute Gasteiger partial charge is 0.755 e. The van der Waals surface area contributed by atoms with Gasteiger partial charge in [-0.15, -0.1) is 0 Å². The summed E-state index contributed by atoms with van der Waals surface area (Å²) in [6, 6.07) is 19.0. The van der Waals surface area contributed by atoms with E-state index in [9.17, 15) is 13.6 Å². The van der Waals surface area contributed by atoms with Gasteiger partial charge in [-0.2, -0.15) is 0 Å². The molecule has 0 bridgehead atoms. The van der Waals surface area contributed by atoms with Crippen LogP contribution in [0.1, 0.15) is 31.9 Å². The summed E-state index contributed by atoms with van der Waals surface area (Å²) in [6.45, 7) is 6.52. The van der Waals surface area contributed by atoms with Crippen LogP contribution in [-0.2, 0) is 29.0 Å². The van der Waals surface area contributed by atoms with Gasteiger partial charge in [0.1, 0.15) is 5.60 Å². The number of hydrogen-bond acceptors (Lipinski definition) is 4. The number of ether oxygens (including phenoxy) is 1. The first kappa shape index (κ1) is 21.3. The predicted molar refractivity (Wildman–Crippen MR) is 122 cm³/mol. The zero-order valence-electron chi connectivity index (χ0n) is 17.8. The minimum Gasteiger partial charge on any atom is -0.755 e. The first-order valence-corrected chi connectivity index (χ1v) is 11.2. The third kappa shape index (κ3) is 4.73. The lowest BCUT2D eigenvalue weighted by atomic mass is 9.99. The second-order valence-electron chi connectivity index (χ2n) is 8.65. The fourth-order valence-electron chi connectivity index (χ4n) is 3.77. The first-order chi connectivity index (χ1) is 14.7. The molecule has 0 saturated carbocycles. The van der Waals surface area contributed by atoms with Gasteiger partial charge in [0, 0.05) is 13.1 Å². The summed E-state index contributed by atoms with van der Waals surface area (Å²) in [6.07, 6.45) is 0.306. The quantitative estimate of drug-likeness (QED) is 0.537. The molecule has 0 fully saturated rings. The standard InChI is InChI=1S/C24H26N2O4S/c1-24(2,3)30-23(27)25-13-12-19-15-22(11-9-20(19)16-25)26(31(28)29)21-10-8-17-6-4-5-7-18(17)14-21/h4-11,14-15H,12-13,16H2,1-3H3,(H,28,29)/p-1. The van der Waals surface area contributed by atoms with Gasteiger partial charge in [0.05, 0.1) is 22.6 Å². The van der Waals surface area contributed by atoms with E-state index < -0.39 is 16.9 Å². The van der Waals surface area contributed by atoms with E-state index in [-0.39, 0.29) is 6.09 Å². The van der Waals surface area contributed by atoms with Gasteiger partial charge in [-0.1, -0.05) is 36.4 Å². The Kier molecular flexibility index (Phi) is 5.73. The summed E-state index contributed by atoms with van der Waals surface area (Å²) >= 11 is -2.48. The Hall–Kier alpha value is -2.90. The van der Waals surface area contributed by atoms with Gasteiger partial charge in [-0.3, -0.25) is 8.51 Å². The van der Waals surface area contributed by atoms with Gasteiger partial charge >= 0.3 is 6.09 Å². The highest BCUT2D eigenvalue weighted by atomic mass is 32.2. The summed E-state index contributed by atoms with van der Waals surface area (Å²) in [5.41, 5.74) is 2.65. The summed E-state index contributed by atoms with van der Waals surface area (Å²) in [5.74, 6) is 0. The fraction of sp³-hybridized carbons (Fsp3) is 0.292. The highest BCUT2D eigenvalue weighted by Gasteiger charge is 2.26. The second-order valence-corrected chi connectivity index (χ2v) is 9.45. The lowest BCUT2D eigenvalue weighted by Gasteiger charge is -2.32. The Bertz CT molecular complexity index is 1160. The first-order valence-electron chi connectivity index (χ1n) is 10.2. The summed E-state index contributed by atoms with van der Waals surface area (Å²) < 4.78 is 31.0. The van der Waals surface area contributed by atoms with E-state index in [1.807, 2.05) is 75.4 Å². The minimum atomic E-state index is -2.48. The molecule has 1 unspecified atom stereocenters. The Balaban J connectivity index is 1.61. The number of carbonyl (C=O) groups excluding carboxylic acids is 1. The summed E-state index contributed by atoms with van der Waals surface area (Å²) in [4.78, 5) is 14.1. The molecule has 0 radical (unpaired) electrons. The number of hydrogen-bond donors (Lipinski definition) is 0. The zero-order chi connectivity index (χ0) is 22.2. The average Bonchev–Trinajstić information content (AvgIpc) is 2.72. The number of fused-ring (bicyclic) bond motifs is 2. The normalized spacial score (nSPS) is 14.8. The van der Waals surface area contributed by atoms with E-state index in [1.165, 1.54) is 4.31 Å². The summed E-state index contributed by atoms with van der Waals surface area (Å²) in [5, 5.41) is 2.02. The maximum atomic E-state index is 12.4. The molecule has 1 amide bonds. The zero-order valence-corrected chi connectivity index (χ0v) is 18.6. The van der Waals surface area contributed by atoms with Crippen LogP contribution in [0.25, 0.3) is 10.8 Å². The van der Waals surface area contributed by atoms with Gasteiger partial charge in [0.2, 0.25) is 0 Å². The fourth-order valence-corrected chi connectivity index (χ4v) is 4.34. The van der Waals surface area contributed by atoms with Crippen LogP contribution in [0.15, 0.2) is 60.7 Å². The third-order valence-electron chi connectivity index (χ3n) is 5.20. The van der Waals surface area contributed by atoms with E-state index in [2.05, 4.69) is 0 Å². The second kappa shape index (κ2) is 8.32. The molecule has 3 aromatic carbocycles. The molecule has 1 atom stereocenters. The maximum Gasteiger partial charge on any atom is 0.410 e. The number of carbonyl (C=O) groups is 1. The molecular formula is C24H25N2O4S-. The number of rotatable bonds is 3. The number of amides is 1. The molecule has 1 aliphatic heterocycles. The molecule has 1 aliphatic rings. The molecule has 0 N–H and O–H groups in total. The van der Waals surface area contributed by atoms with Crippen LogP contribution in [0.3, 0.4) is 0 Å². The van der Waals surface area contributed by atoms with Crippen LogP contribution < -0.4 is 4.31 Å². The Labute approximate surface area is 184 Å². The van der Waals surface area contributed by atoms with Crippen molar-refractivity contribution in [2.24, 2.45) is 0 Å². The highest BCUT2D eigenvalue weighted by molar-refractivity contribution is 7.81. The van der Waals surface area contributed by atoms with Crippen molar-refractivity contribution in [3.05, 3.63) is 71.8 Å². The topological polar surface area (TPSA) is 72.9 Å². The van der Waals surface area contributed by atoms with Gasteiger partial charge in [0.25, 0.3) is 0 Å². The molecule has 4 rings (SSSR count). The molecule has 0 spiro atoms. The van der Waals surface area contributed by atoms with Crippen molar-refractivity contribution in [1.82, 2.24) is 4.90 Å². The van der Waals surface area contributed by atoms with E-state index >= 15 is 0 Å². The minimum absolute atomic E-state index is 0.333. The maximum absolute atomic E-state index is 12.4. The van der Waals surface area contributed by atoms with Crippen molar-refractivity contribution in [1.29, 1.82) is 0 Å². The highest BCUT2D eigenvalue weighted by Crippen LogP contribution is 2.32. The van der Waals surface area contributed by atoms with Crippen LogP contribution >= 0.6 is 0 Å². The monoisotopic (exact) mass is 437 g/mol. The van der Waals surface area contributed by atoms with Crippen molar-refractivity contribution in [3.8, 4) is 0 Å². The molecular weight excluding hydrogens is 412 g/mol. The Morgan fingerprint density at radius 1 is 1.00 bits per heavy atom. The van der Waals surface area contributed by atoms with Crippen molar-refractivity contribution in [2.75, 3.05) is 10.8 Å². The van der Waals surface area contributed by atoms with Crippen molar-refractivity contribution >= 4 is 39.5 Å². The average molecular weight is 438 g/mol. The van der Waals surface area contributed by atoms with Crippen LogP contribution in [0, 0.1) is 0 Å². The third-order valence-corrected chi connectivity index (χ3v) is 5.92. The molecule has 3 aromatic rings. The van der Waals surface area contributed by atoms with Crippen molar-refractivity contribution in [2.45, 2.75) is 39.3 Å². The van der Waals surface area contributed by atoms with E-state index in [4.69, 9.17) is 4.74 Å². The smallest absolute Gasteiger partial charge is 0.410 e. The van der Waals surface area contributed by atoms with Crippen LogP contribution in [-0.4, -0.2) is 31.9 Å². The molecule has 6 nitrogen and oxygen atoms in total. The summed E-state index contributed by atoms with van der Waals surface area (Å²) in [7, 11) is 0. The molecule has 0 aliphatic carbocycles. The van der Waals surface area contributed by atoms with Gasteiger partial charge < -0.3 is 14.2 Å². The van der Waals surface area contributed by atoms with Crippen molar-refractivity contribution < 1.29 is 18.3 Å². The van der Waals surface area contributed by atoms with Gasteiger partial charge in [-0.05, 0) is 73.4 Å². The number of anilines is 2. The van der Waals surface area contributed by atoms with Crippen molar-refractivity contribution in [3.63, 3.8) is 0 Å². The van der Waals surface area contributed by atoms with E-state index in [0.29, 0.717) is 30.9 Å². The Morgan fingerprint density at radius 3 is 2.39 bits per heavy atom. The number of benzene rings is 3. The van der Waals surface area contributed by atoms with Crippen LogP contribution in [0.5, 0.6) is 0 Å². The molecule has 31 heavy (non-hydrogen) atoms. The molecule has 0 aromatic heterocycles. The van der Waals surface area contributed by atoms with Gasteiger partial charge in [0.15, 0.2) is 0 Å². The van der Waals surface area contributed by atoms with Crippen LogP contribution in [0.4, 0.5) is 16.2 Å². The molecule has 7 heteroatoms. The van der Waals surface area contributed by atoms with Gasteiger partial charge in [-0.25, -0.2) is 4.79 Å². The predicted octanol–water partition coefficient (Wildman–Crippen LogP) is 5.07. The lowest BCUT2D eigenvalue weighted by molar-refractivity contribution is 0.0224.